The second kappa shape index (κ2) is 17.4. The van der Waals surface area contributed by atoms with Crippen LogP contribution in [0.5, 0.6) is 0 Å². The van der Waals surface area contributed by atoms with Crippen LogP contribution in [-0.4, -0.2) is 12.1 Å². The van der Waals surface area contributed by atoms with Gasteiger partial charge in [-0.15, -0.1) is 26.8 Å². The van der Waals surface area contributed by atoms with Crippen LogP contribution in [0.25, 0.3) is 0 Å². The Hall–Kier alpha value is 3.01. The fraction of sp³-hybridized carbons (Fsp3) is 1.00. The van der Waals surface area contributed by atoms with Gasteiger partial charge in [-0.3, -0.25) is 0 Å². The Morgan fingerprint density at radius 2 is 1.54 bits per heavy atom. The van der Waals surface area contributed by atoms with E-state index in [2.05, 4.69) is 33.7 Å². The lowest BCUT2D eigenvalue weighted by Gasteiger charge is -2.16. The van der Waals surface area contributed by atoms with E-state index in [1.165, 1.54) is 12.1 Å². The number of rotatable bonds is 5. The number of hydrogen-bond donors (Lipinski definition) is 0. The highest BCUT2D eigenvalue weighted by molar-refractivity contribution is 8.63. The van der Waals surface area contributed by atoms with Crippen molar-refractivity contribution in [3.8, 4) is 0 Å². The Balaban J connectivity index is -0.000000135. The molecule has 0 aromatic carbocycles. The fourth-order valence-corrected chi connectivity index (χ4v) is 19.1. The van der Waals surface area contributed by atoms with E-state index in [1.807, 2.05) is 0 Å². The lowest BCUT2D eigenvalue weighted by atomic mass is 11.0. The SMILES string of the molecule is C.C.C.CCP(CP(P)PP)PP. The van der Waals surface area contributed by atoms with Crippen molar-refractivity contribution < 1.29 is 0 Å². The molecule has 0 heterocycles. The summed E-state index contributed by atoms with van der Waals surface area (Å²) in [5.74, 6) is 1.51. The van der Waals surface area contributed by atoms with E-state index in [4.69, 9.17) is 0 Å². The smallest absolute Gasteiger partial charge is 0.000785 e. The first-order valence-corrected chi connectivity index (χ1v) is 15.1. The highest BCUT2D eigenvalue weighted by Crippen LogP contribution is 2.75. The van der Waals surface area contributed by atoms with Gasteiger partial charge in [-0.1, -0.05) is 60.0 Å². The lowest BCUT2D eigenvalue weighted by molar-refractivity contribution is 1.51. The summed E-state index contributed by atoms with van der Waals surface area (Å²) in [5, 5.41) is 0. The molecule has 0 radical (unpaired) electrons. The quantitative estimate of drug-likeness (QED) is 0.515. The van der Waals surface area contributed by atoms with Crippen LogP contribution < -0.4 is 0 Å². The summed E-state index contributed by atoms with van der Waals surface area (Å²) in [6.07, 6.45) is 1.42. The van der Waals surface area contributed by atoms with E-state index < -0.39 is 0 Å². The van der Waals surface area contributed by atoms with Gasteiger partial charge in [-0.25, -0.2) is 0 Å². The van der Waals surface area contributed by atoms with Crippen LogP contribution >= 0.6 is 57.6 Å². The topological polar surface area (TPSA) is 0 Å². The Morgan fingerprint density at radius 3 is 1.77 bits per heavy atom. The lowest BCUT2D eigenvalue weighted by Crippen LogP contribution is -1.71. The molecule has 0 spiro atoms. The van der Waals surface area contributed by atoms with Crippen LogP contribution in [0.3, 0.4) is 0 Å². The molecule has 0 fully saturated rings. The molecule has 0 rings (SSSR count). The number of hydrogen-bond acceptors (Lipinski definition) is 0. The van der Waals surface area contributed by atoms with Gasteiger partial charge in [0.15, 0.2) is 0 Å². The zero-order valence-corrected chi connectivity index (χ0v) is 13.3. The molecule has 86 valence electrons. The van der Waals surface area contributed by atoms with E-state index in [1.54, 1.807) is 0 Å². The molecular weight excluding hydrogens is 289 g/mol. The van der Waals surface area contributed by atoms with Crippen molar-refractivity contribution in [2.45, 2.75) is 29.2 Å². The van der Waals surface area contributed by atoms with Crippen molar-refractivity contribution in [1.29, 1.82) is 0 Å². The molecule has 7 unspecified atom stereocenters. The summed E-state index contributed by atoms with van der Waals surface area (Å²) in [6, 6.07) is 0. The molecule has 7 heteroatoms. The molecule has 0 saturated heterocycles. The van der Waals surface area contributed by atoms with Crippen molar-refractivity contribution in [1.82, 2.24) is 0 Å². The van der Waals surface area contributed by atoms with Gasteiger partial charge < -0.3 is 0 Å². The minimum atomic E-state index is 0. The first kappa shape index (κ1) is 25.0. The summed E-state index contributed by atoms with van der Waals surface area (Å²) in [7, 11) is 11.7. The monoisotopic (exact) mass is 316 g/mol. The first-order chi connectivity index (χ1) is 4.74. The van der Waals surface area contributed by atoms with Crippen LogP contribution in [0.1, 0.15) is 29.2 Å². The van der Waals surface area contributed by atoms with Gasteiger partial charge in [0.05, 0.1) is 0 Å². The van der Waals surface area contributed by atoms with Crippen molar-refractivity contribution in [2.24, 2.45) is 0 Å². The average molecular weight is 316 g/mol. The molecule has 0 aromatic rings. The minimum Gasteiger partial charge on any atom is -0.110 e. The molecule has 13 heavy (non-hydrogen) atoms. The van der Waals surface area contributed by atoms with E-state index in [-0.39, 0.29) is 22.3 Å². The molecule has 0 aliphatic carbocycles. The molecule has 0 nitrogen and oxygen atoms in total. The van der Waals surface area contributed by atoms with Gasteiger partial charge in [0.1, 0.15) is 0 Å². The van der Waals surface area contributed by atoms with E-state index in [0.29, 0.717) is 14.9 Å². The Kier molecular flexibility index (Phi) is 33.5. The van der Waals surface area contributed by atoms with Crippen LogP contribution in [0.4, 0.5) is 0 Å². The summed E-state index contributed by atoms with van der Waals surface area (Å²) in [5.41, 5.74) is 0. The van der Waals surface area contributed by atoms with Crippen LogP contribution in [0.15, 0.2) is 0 Å². The predicted molar refractivity (Wildman–Crippen MR) is 95.2 cm³/mol. The average Bonchev–Trinajstić information content (AvgIpc) is 1.99. The maximum atomic E-state index is 3.00. The van der Waals surface area contributed by atoms with Crippen molar-refractivity contribution in [3.63, 3.8) is 0 Å². The Labute approximate surface area is 98.9 Å². The maximum absolute atomic E-state index is 3.00. The normalized spacial score (nSPS) is 14.8. The summed E-state index contributed by atoms with van der Waals surface area (Å²) >= 11 is 0. The molecule has 0 amide bonds. The first-order valence-electron chi connectivity index (χ1n) is 2.94. The summed E-state index contributed by atoms with van der Waals surface area (Å²) in [4.78, 5) is 0. The highest BCUT2D eigenvalue weighted by atomic mass is 32.6. The molecule has 0 aromatic heterocycles. The molecular formula is C6H27P7. The maximum Gasteiger partial charge on any atom is -0.000785 e. The molecule has 0 saturated carbocycles. The molecule has 0 bridgehead atoms. The molecule has 0 N–H and O–H groups in total. The molecule has 0 aliphatic heterocycles. The van der Waals surface area contributed by atoms with Crippen molar-refractivity contribution in [2.75, 3.05) is 12.1 Å². The standard InChI is InChI=1S/C3H15P7.3CH4/c1-2-9(7-4)3-10(6)8-5;;;/h7-8H,2-6H2,1H3;3*1H4. The zero-order valence-electron chi connectivity index (χ0n) is 6.04. The second-order valence-corrected chi connectivity index (χ2v) is 19.3. The van der Waals surface area contributed by atoms with E-state index in [0.717, 1.165) is 15.9 Å². The fourth-order valence-electron chi connectivity index (χ4n) is 0.457. The van der Waals surface area contributed by atoms with Gasteiger partial charge in [0.2, 0.25) is 0 Å². The largest absolute Gasteiger partial charge is 0.110 e. The summed E-state index contributed by atoms with van der Waals surface area (Å²) in [6.45, 7) is 2.32. The van der Waals surface area contributed by atoms with E-state index >= 15 is 0 Å². The van der Waals surface area contributed by atoms with Gasteiger partial charge in [-0.05, 0) is 12.1 Å². The summed E-state index contributed by atoms with van der Waals surface area (Å²) < 4.78 is 0. The van der Waals surface area contributed by atoms with Gasteiger partial charge in [0, 0.05) is 0 Å². The predicted octanol–water partition coefficient (Wildman–Crippen LogP) is 6.39. The van der Waals surface area contributed by atoms with Crippen LogP contribution in [0.2, 0.25) is 0 Å². The van der Waals surface area contributed by atoms with Crippen molar-refractivity contribution in [3.05, 3.63) is 0 Å². The second-order valence-electron chi connectivity index (χ2n) is 1.73. The third-order valence-corrected chi connectivity index (χ3v) is 22.4. The molecule has 7 atom stereocenters. The van der Waals surface area contributed by atoms with E-state index in [9.17, 15) is 0 Å². The van der Waals surface area contributed by atoms with Gasteiger partial charge in [0.25, 0.3) is 0 Å². The van der Waals surface area contributed by atoms with Gasteiger partial charge in [-0.2, -0.15) is 0 Å². The Morgan fingerprint density at radius 1 is 1.08 bits per heavy atom. The van der Waals surface area contributed by atoms with Gasteiger partial charge >= 0.3 is 0 Å². The van der Waals surface area contributed by atoms with Crippen LogP contribution in [-0.2, 0) is 0 Å². The third-order valence-electron chi connectivity index (χ3n) is 1.05. The zero-order chi connectivity index (χ0) is 7.98. The third kappa shape index (κ3) is 15.0. The molecule has 0 aliphatic rings. The highest BCUT2D eigenvalue weighted by Gasteiger charge is 2.06. The Bertz CT molecular complexity index is 75.4. The minimum absolute atomic E-state index is 0. The van der Waals surface area contributed by atoms with Crippen molar-refractivity contribution >= 4 is 57.6 Å². The van der Waals surface area contributed by atoms with Crippen LogP contribution in [0, 0.1) is 0 Å².